The maximum Gasteiger partial charge on any atom is 0.0842 e. The van der Waals surface area contributed by atoms with Gasteiger partial charge in [-0.3, -0.25) is 0 Å². The van der Waals surface area contributed by atoms with E-state index < -0.39 is 0 Å². The third kappa shape index (κ3) is 5.87. The summed E-state index contributed by atoms with van der Waals surface area (Å²) in [5, 5.41) is 11.4. The predicted octanol–water partition coefficient (Wildman–Crippen LogP) is 1.92. The molecule has 0 rings (SSSR count). The van der Waals surface area contributed by atoms with Gasteiger partial charge in [0, 0.05) is 6.04 Å². The van der Waals surface area contributed by atoms with Crippen molar-refractivity contribution in [3.63, 3.8) is 0 Å². The maximum absolute atomic E-state index is 8.29. The predicted molar refractivity (Wildman–Crippen MR) is 47.1 cm³/mol. The van der Waals surface area contributed by atoms with E-state index in [2.05, 4.69) is 32.2 Å². The molecule has 11 heavy (non-hydrogen) atoms. The molecule has 2 unspecified atom stereocenters. The molecule has 1 N–H and O–H groups in total. The van der Waals surface area contributed by atoms with Gasteiger partial charge in [0.15, 0.2) is 0 Å². The highest BCUT2D eigenvalue weighted by Gasteiger charge is 2.04. The normalized spacial score (nSPS) is 15.5. The van der Waals surface area contributed by atoms with Crippen molar-refractivity contribution in [2.75, 3.05) is 6.54 Å². The van der Waals surface area contributed by atoms with Gasteiger partial charge in [0.1, 0.15) is 0 Å². The SMILES string of the molecule is CCC(C)CC(C)NCC#N. The summed E-state index contributed by atoms with van der Waals surface area (Å²) in [6.45, 7) is 7.04. The lowest BCUT2D eigenvalue weighted by molar-refractivity contribution is 0.425. The molecule has 0 aromatic rings. The Morgan fingerprint density at radius 2 is 2.09 bits per heavy atom. The Labute approximate surface area is 69.6 Å². The summed E-state index contributed by atoms with van der Waals surface area (Å²) < 4.78 is 0. The largest absolute Gasteiger partial charge is 0.302 e. The summed E-state index contributed by atoms with van der Waals surface area (Å²) in [4.78, 5) is 0. The quantitative estimate of drug-likeness (QED) is 0.614. The molecule has 0 bridgehead atoms. The van der Waals surface area contributed by atoms with E-state index in [-0.39, 0.29) is 0 Å². The molecular weight excluding hydrogens is 136 g/mol. The Kier molecular flexibility index (Phi) is 5.87. The van der Waals surface area contributed by atoms with Crippen LogP contribution >= 0.6 is 0 Å². The third-order valence-electron chi connectivity index (χ3n) is 1.98. The molecule has 64 valence electrons. The maximum atomic E-state index is 8.29. The van der Waals surface area contributed by atoms with E-state index in [9.17, 15) is 0 Å². The molecule has 0 spiro atoms. The highest BCUT2D eigenvalue weighted by molar-refractivity contribution is 4.76. The molecule has 0 heterocycles. The topological polar surface area (TPSA) is 35.8 Å². The second-order valence-electron chi connectivity index (χ2n) is 3.19. The first-order valence-corrected chi connectivity index (χ1v) is 4.31. The molecule has 0 aliphatic carbocycles. The first-order valence-electron chi connectivity index (χ1n) is 4.31. The lowest BCUT2D eigenvalue weighted by Crippen LogP contribution is -2.27. The van der Waals surface area contributed by atoms with Crippen molar-refractivity contribution >= 4 is 0 Å². The Morgan fingerprint density at radius 3 is 2.55 bits per heavy atom. The number of nitrogens with one attached hydrogen (secondary N) is 1. The molecule has 0 fully saturated rings. The smallest absolute Gasteiger partial charge is 0.0842 e. The van der Waals surface area contributed by atoms with E-state index in [4.69, 9.17) is 5.26 Å². The molecule has 2 heteroatoms. The summed E-state index contributed by atoms with van der Waals surface area (Å²) in [6, 6.07) is 2.56. The van der Waals surface area contributed by atoms with Crippen molar-refractivity contribution in [2.24, 2.45) is 5.92 Å². The molecule has 0 amide bonds. The van der Waals surface area contributed by atoms with Gasteiger partial charge < -0.3 is 5.32 Å². The fourth-order valence-electron chi connectivity index (χ4n) is 1.07. The molecule has 0 saturated carbocycles. The number of hydrogen-bond donors (Lipinski definition) is 1. The van der Waals surface area contributed by atoms with Crippen LogP contribution in [-0.4, -0.2) is 12.6 Å². The average Bonchev–Trinajstić information content (AvgIpc) is 2.00. The lowest BCUT2D eigenvalue weighted by Gasteiger charge is -2.15. The van der Waals surface area contributed by atoms with Gasteiger partial charge in [-0.25, -0.2) is 0 Å². The van der Waals surface area contributed by atoms with Crippen molar-refractivity contribution in [3.05, 3.63) is 0 Å². The fourth-order valence-corrected chi connectivity index (χ4v) is 1.07. The fraction of sp³-hybridized carbons (Fsp3) is 0.889. The summed E-state index contributed by atoms with van der Waals surface area (Å²) in [6.07, 6.45) is 2.39. The number of nitrogens with zero attached hydrogens (tertiary/aromatic N) is 1. The first kappa shape index (κ1) is 10.4. The number of rotatable bonds is 5. The molecule has 0 saturated heterocycles. The minimum absolute atomic E-state index is 0.470. The van der Waals surface area contributed by atoms with Gasteiger partial charge in [-0.1, -0.05) is 20.3 Å². The van der Waals surface area contributed by atoms with Crippen LogP contribution in [0, 0.1) is 17.2 Å². The van der Waals surface area contributed by atoms with Gasteiger partial charge >= 0.3 is 0 Å². The van der Waals surface area contributed by atoms with E-state index in [1.165, 1.54) is 6.42 Å². The van der Waals surface area contributed by atoms with Crippen LogP contribution in [0.25, 0.3) is 0 Å². The third-order valence-corrected chi connectivity index (χ3v) is 1.98. The zero-order valence-electron chi connectivity index (χ0n) is 7.72. The highest BCUT2D eigenvalue weighted by Crippen LogP contribution is 2.08. The van der Waals surface area contributed by atoms with Crippen LogP contribution in [0.15, 0.2) is 0 Å². The number of hydrogen-bond acceptors (Lipinski definition) is 2. The zero-order chi connectivity index (χ0) is 8.69. The summed E-state index contributed by atoms with van der Waals surface area (Å²) in [5.41, 5.74) is 0. The molecular formula is C9H18N2. The molecule has 0 radical (unpaired) electrons. The van der Waals surface area contributed by atoms with Crippen LogP contribution < -0.4 is 5.32 Å². The monoisotopic (exact) mass is 154 g/mol. The van der Waals surface area contributed by atoms with Crippen LogP contribution in [-0.2, 0) is 0 Å². The van der Waals surface area contributed by atoms with E-state index in [1.807, 2.05) is 0 Å². The van der Waals surface area contributed by atoms with E-state index in [0.29, 0.717) is 12.6 Å². The Balaban J connectivity index is 3.37. The summed E-state index contributed by atoms with van der Waals surface area (Å²) in [7, 11) is 0. The van der Waals surface area contributed by atoms with Crippen molar-refractivity contribution in [1.29, 1.82) is 5.26 Å². The van der Waals surface area contributed by atoms with Crippen molar-refractivity contribution < 1.29 is 0 Å². The van der Waals surface area contributed by atoms with Gasteiger partial charge in [-0.05, 0) is 19.3 Å². The second kappa shape index (κ2) is 6.18. The summed E-state index contributed by atoms with van der Waals surface area (Å²) in [5.74, 6) is 0.760. The summed E-state index contributed by atoms with van der Waals surface area (Å²) >= 11 is 0. The molecule has 0 aromatic carbocycles. The standard InChI is InChI=1S/C9H18N2/c1-4-8(2)7-9(3)11-6-5-10/h8-9,11H,4,6-7H2,1-3H3. The van der Waals surface area contributed by atoms with Gasteiger partial charge in [-0.2, -0.15) is 5.26 Å². The Morgan fingerprint density at radius 1 is 1.45 bits per heavy atom. The molecule has 2 atom stereocenters. The van der Waals surface area contributed by atoms with Crippen molar-refractivity contribution in [3.8, 4) is 6.07 Å². The van der Waals surface area contributed by atoms with Gasteiger partial charge in [-0.15, -0.1) is 0 Å². The van der Waals surface area contributed by atoms with Crippen LogP contribution in [0.4, 0.5) is 0 Å². The Hall–Kier alpha value is -0.550. The number of nitriles is 1. The molecule has 2 nitrogen and oxygen atoms in total. The van der Waals surface area contributed by atoms with E-state index in [0.717, 1.165) is 12.3 Å². The Bertz CT molecular complexity index is 126. The van der Waals surface area contributed by atoms with E-state index >= 15 is 0 Å². The molecule has 0 aromatic heterocycles. The van der Waals surface area contributed by atoms with E-state index in [1.54, 1.807) is 0 Å². The lowest BCUT2D eigenvalue weighted by atomic mass is 10.0. The average molecular weight is 154 g/mol. The van der Waals surface area contributed by atoms with Crippen LogP contribution in [0.1, 0.15) is 33.6 Å². The molecule has 0 aliphatic heterocycles. The highest BCUT2D eigenvalue weighted by atomic mass is 14.9. The molecule has 0 aliphatic rings. The van der Waals surface area contributed by atoms with Crippen molar-refractivity contribution in [2.45, 2.75) is 39.7 Å². The van der Waals surface area contributed by atoms with Crippen LogP contribution in [0.3, 0.4) is 0 Å². The second-order valence-corrected chi connectivity index (χ2v) is 3.19. The van der Waals surface area contributed by atoms with Gasteiger partial charge in [0.25, 0.3) is 0 Å². The van der Waals surface area contributed by atoms with Gasteiger partial charge in [0.2, 0.25) is 0 Å². The van der Waals surface area contributed by atoms with Crippen LogP contribution in [0.5, 0.6) is 0 Å². The minimum atomic E-state index is 0.470. The van der Waals surface area contributed by atoms with Crippen molar-refractivity contribution in [1.82, 2.24) is 5.32 Å². The zero-order valence-corrected chi connectivity index (χ0v) is 7.72. The first-order chi connectivity index (χ1) is 5.20. The van der Waals surface area contributed by atoms with Crippen LogP contribution in [0.2, 0.25) is 0 Å². The minimum Gasteiger partial charge on any atom is -0.302 e. The van der Waals surface area contributed by atoms with Gasteiger partial charge in [0.05, 0.1) is 12.6 Å².